The van der Waals surface area contributed by atoms with Crippen LogP contribution in [0.5, 0.6) is 17.2 Å². The van der Waals surface area contributed by atoms with E-state index < -0.39 is 0 Å². The van der Waals surface area contributed by atoms with Gasteiger partial charge in [0.15, 0.2) is 0 Å². The van der Waals surface area contributed by atoms with E-state index in [-0.39, 0.29) is 5.91 Å². The van der Waals surface area contributed by atoms with Crippen LogP contribution < -0.4 is 24.4 Å². The van der Waals surface area contributed by atoms with E-state index in [1.54, 1.807) is 21.3 Å². The number of rotatable bonds is 9. The van der Waals surface area contributed by atoms with Gasteiger partial charge in [-0.05, 0) is 31.4 Å². The molecule has 1 saturated heterocycles. The highest BCUT2D eigenvalue weighted by atomic mass is 16.5. The largest absolute Gasteiger partial charge is 0.496 e. The summed E-state index contributed by atoms with van der Waals surface area (Å²) in [5.41, 5.74) is 2.09. The van der Waals surface area contributed by atoms with E-state index in [0.717, 1.165) is 24.9 Å². The summed E-state index contributed by atoms with van der Waals surface area (Å²) in [7, 11) is 4.81. The van der Waals surface area contributed by atoms with Crippen LogP contribution in [-0.2, 0) is 11.2 Å². The normalized spacial score (nSPS) is 15.8. The second-order valence-electron chi connectivity index (χ2n) is 7.14. The van der Waals surface area contributed by atoms with Crippen molar-refractivity contribution in [2.75, 3.05) is 39.3 Å². The highest BCUT2D eigenvalue weighted by Gasteiger charge is 2.25. The highest BCUT2D eigenvalue weighted by Crippen LogP contribution is 2.34. The smallest absolute Gasteiger partial charge is 0.220 e. The molecule has 6 heteroatoms. The molecule has 1 unspecified atom stereocenters. The first-order valence-electron chi connectivity index (χ1n) is 10.0. The first-order chi connectivity index (χ1) is 14.2. The maximum Gasteiger partial charge on any atom is 0.220 e. The first-order valence-corrected chi connectivity index (χ1v) is 10.0. The van der Waals surface area contributed by atoms with Crippen LogP contribution in [0.1, 0.15) is 24.8 Å². The standard InChI is InChI=1S/C23H30N2O4/c1-27-19-14-21(28-2)20(22(15-19)29-3)11-12-23(26)24-16-18-10-7-13-25(18)17-8-5-4-6-9-17/h4-6,8-9,14-15,18H,7,10-13,16H2,1-3H3,(H,24,26). The molecule has 0 radical (unpaired) electrons. The molecule has 6 nitrogen and oxygen atoms in total. The molecule has 0 spiro atoms. The molecular weight excluding hydrogens is 368 g/mol. The Morgan fingerprint density at radius 1 is 1.07 bits per heavy atom. The number of hydrogen-bond acceptors (Lipinski definition) is 5. The summed E-state index contributed by atoms with van der Waals surface area (Å²) in [6.07, 6.45) is 3.15. The molecule has 1 atom stereocenters. The van der Waals surface area contributed by atoms with Crippen LogP contribution >= 0.6 is 0 Å². The van der Waals surface area contributed by atoms with Crippen LogP contribution in [0.3, 0.4) is 0 Å². The Labute approximate surface area is 172 Å². The predicted octanol–water partition coefficient (Wildman–Crippen LogP) is 3.43. The van der Waals surface area contributed by atoms with Crippen molar-refractivity contribution in [1.82, 2.24) is 5.32 Å². The van der Waals surface area contributed by atoms with Crippen molar-refractivity contribution < 1.29 is 19.0 Å². The number of anilines is 1. The molecule has 0 aromatic heterocycles. The molecule has 1 aliphatic rings. The van der Waals surface area contributed by atoms with Gasteiger partial charge in [-0.2, -0.15) is 0 Å². The Morgan fingerprint density at radius 3 is 2.38 bits per heavy atom. The monoisotopic (exact) mass is 398 g/mol. The molecule has 1 N–H and O–H groups in total. The van der Waals surface area contributed by atoms with Crippen LogP contribution in [0.2, 0.25) is 0 Å². The van der Waals surface area contributed by atoms with E-state index in [0.29, 0.717) is 42.7 Å². The summed E-state index contributed by atoms with van der Waals surface area (Å²) >= 11 is 0. The third-order valence-corrected chi connectivity index (χ3v) is 5.42. The second-order valence-corrected chi connectivity index (χ2v) is 7.14. The predicted molar refractivity (Wildman–Crippen MR) is 114 cm³/mol. The third kappa shape index (κ3) is 5.13. The van der Waals surface area contributed by atoms with Crippen molar-refractivity contribution in [3.8, 4) is 17.2 Å². The molecule has 1 amide bonds. The molecule has 2 aromatic carbocycles. The van der Waals surface area contributed by atoms with Crippen LogP contribution in [0.25, 0.3) is 0 Å². The molecular formula is C23H30N2O4. The SMILES string of the molecule is COc1cc(OC)c(CCC(=O)NCC2CCCN2c2ccccc2)c(OC)c1. The van der Waals surface area contributed by atoms with Crippen molar-refractivity contribution >= 4 is 11.6 Å². The van der Waals surface area contributed by atoms with E-state index in [4.69, 9.17) is 14.2 Å². The van der Waals surface area contributed by atoms with Gasteiger partial charge in [0.05, 0.1) is 21.3 Å². The minimum Gasteiger partial charge on any atom is -0.496 e. The minimum atomic E-state index is 0.0323. The van der Waals surface area contributed by atoms with Gasteiger partial charge in [0.25, 0.3) is 0 Å². The topological polar surface area (TPSA) is 60.0 Å². The average molecular weight is 399 g/mol. The fourth-order valence-corrected chi connectivity index (χ4v) is 3.89. The van der Waals surface area contributed by atoms with Gasteiger partial charge in [-0.3, -0.25) is 4.79 Å². The molecule has 0 aliphatic carbocycles. The number of carbonyl (C=O) groups excluding carboxylic acids is 1. The maximum atomic E-state index is 12.5. The Bertz CT molecular complexity index is 785. The maximum absolute atomic E-state index is 12.5. The number of ether oxygens (including phenoxy) is 3. The van der Waals surface area contributed by atoms with E-state index in [2.05, 4.69) is 34.5 Å². The average Bonchev–Trinajstić information content (AvgIpc) is 3.24. The Balaban J connectivity index is 1.56. The summed E-state index contributed by atoms with van der Waals surface area (Å²) in [5, 5.41) is 3.11. The van der Waals surface area contributed by atoms with Gasteiger partial charge in [0, 0.05) is 48.9 Å². The van der Waals surface area contributed by atoms with Crippen LogP contribution in [0.15, 0.2) is 42.5 Å². The molecule has 0 bridgehead atoms. The van der Waals surface area contributed by atoms with Crippen LogP contribution in [0, 0.1) is 0 Å². The summed E-state index contributed by atoms with van der Waals surface area (Å²) < 4.78 is 16.2. The van der Waals surface area contributed by atoms with Crippen molar-refractivity contribution in [3.63, 3.8) is 0 Å². The number of amides is 1. The van der Waals surface area contributed by atoms with E-state index in [1.165, 1.54) is 5.69 Å². The summed E-state index contributed by atoms with van der Waals surface area (Å²) in [6, 6.07) is 14.4. The fourth-order valence-electron chi connectivity index (χ4n) is 3.89. The van der Waals surface area contributed by atoms with E-state index in [1.807, 2.05) is 18.2 Å². The highest BCUT2D eigenvalue weighted by molar-refractivity contribution is 5.76. The first kappa shape index (κ1) is 20.8. The van der Waals surface area contributed by atoms with Crippen molar-refractivity contribution in [3.05, 3.63) is 48.0 Å². The molecule has 29 heavy (non-hydrogen) atoms. The Morgan fingerprint density at radius 2 is 1.76 bits per heavy atom. The molecule has 1 heterocycles. The lowest BCUT2D eigenvalue weighted by Crippen LogP contribution is -2.40. The van der Waals surface area contributed by atoms with Gasteiger partial charge in [0.2, 0.25) is 5.91 Å². The number of nitrogens with one attached hydrogen (secondary N) is 1. The van der Waals surface area contributed by atoms with E-state index in [9.17, 15) is 4.79 Å². The van der Waals surface area contributed by atoms with Gasteiger partial charge in [-0.15, -0.1) is 0 Å². The number of benzene rings is 2. The zero-order valence-corrected chi connectivity index (χ0v) is 17.4. The second kappa shape index (κ2) is 10.0. The molecule has 1 aliphatic heterocycles. The van der Waals surface area contributed by atoms with Gasteiger partial charge < -0.3 is 24.4 Å². The van der Waals surface area contributed by atoms with Gasteiger partial charge in [-0.1, -0.05) is 18.2 Å². The van der Waals surface area contributed by atoms with E-state index >= 15 is 0 Å². The zero-order chi connectivity index (χ0) is 20.6. The number of para-hydroxylation sites is 1. The number of nitrogens with zero attached hydrogens (tertiary/aromatic N) is 1. The Hall–Kier alpha value is -2.89. The van der Waals surface area contributed by atoms with Crippen molar-refractivity contribution in [1.29, 1.82) is 0 Å². The fraction of sp³-hybridized carbons (Fsp3) is 0.435. The Kier molecular flexibility index (Phi) is 7.22. The quantitative estimate of drug-likeness (QED) is 0.701. The summed E-state index contributed by atoms with van der Waals surface area (Å²) in [6.45, 7) is 1.69. The summed E-state index contributed by atoms with van der Waals surface area (Å²) in [5.74, 6) is 2.03. The number of hydrogen-bond donors (Lipinski definition) is 1. The third-order valence-electron chi connectivity index (χ3n) is 5.42. The van der Waals surface area contributed by atoms with Crippen LogP contribution in [-0.4, -0.2) is 46.4 Å². The van der Waals surface area contributed by atoms with Gasteiger partial charge >= 0.3 is 0 Å². The van der Waals surface area contributed by atoms with Gasteiger partial charge in [-0.25, -0.2) is 0 Å². The lowest BCUT2D eigenvalue weighted by molar-refractivity contribution is -0.121. The lowest BCUT2D eigenvalue weighted by Gasteiger charge is -2.27. The van der Waals surface area contributed by atoms with Gasteiger partial charge in [0.1, 0.15) is 17.2 Å². The lowest BCUT2D eigenvalue weighted by atomic mass is 10.1. The molecule has 3 rings (SSSR count). The van der Waals surface area contributed by atoms with Crippen LogP contribution in [0.4, 0.5) is 5.69 Å². The zero-order valence-electron chi connectivity index (χ0n) is 17.4. The summed E-state index contributed by atoms with van der Waals surface area (Å²) in [4.78, 5) is 14.9. The van der Waals surface area contributed by atoms with Crippen molar-refractivity contribution in [2.45, 2.75) is 31.7 Å². The number of methoxy groups -OCH3 is 3. The minimum absolute atomic E-state index is 0.0323. The molecule has 0 saturated carbocycles. The molecule has 1 fully saturated rings. The number of carbonyl (C=O) groups is 1. The molecule has 2 aromatic rings. The van der Waals surface area contributed by atoms with Crippen molar-refractivity contribution in [2.24, 2.45) is 0 Å². The molecule has 156 valence electrons.